The predicted octanol–water partition coefficient (Wildman–Crippen LogP) is 0.631. The van der Waals surface area contributed by atoms with Gasteiger partial charge in [0.15, 0.2) is 5.65 Å². The van der Waals surface area contributed by atoms with Gasteiger partial charge in [0, 0.05) is 12.3 Å². The molecular formula is C12H14N4O3. The number of ether oxygens (including phenoxy) is 1. The smallest absolute Gasteiger partial charge is 0.313 e. The third kappa shape index (κ3) is 1.91. The summed E-state index contributed by atoms with van der Waals surface area (Å²) in [5, 5.41) is 16.5. The highest BCUT2D eigenvalue weighted by Gasteiger charge is 2.46. The van der Waals surface area contributed by atoms with E-state index in [1.54, 1.807) is 36.0 Å². The maximum Gasteiger partial charge on any atom is 0.313 e. The SMILES string of the molecule is CC1(C(=O)O)COCC1Nc1ccn2nccc2n1. The first-order chi connectivity index (χ1) is 9.09. The Morgan fingerprint density at radius 1 is 1.63 bits per heavy atom. The number of hydrogen-bond acceptors (Lipinski definition) is 5. The highest BCUT2D eigenvalue weighted by Crippen LogP contribution is 2.30. The Labute approximate surface area is 109 Å². The summed E-state index contributed by atoms with van der Waals surface area (Å²) >= 11 is 0. The number of carbonyl (C=O) groups is 1. The minimum atomic E-state index is -0.936. The van der Waals surface area contributed by atoms with Crippen LogP contribution in [0, 0.1) is 5.41 Å². The standard InChI is InChI=1S/C12H14N4O3/c1-12(11(17)18)7-19-6-8(12)14-9-3-5-16-10(15-9)2-4-13-16/h2-5,8H,6-7H2,1H3,(H,14,15)(H,17,18). The molecule has 7 nitrogen and oxygen atoms in total. The molecule has 2 N–H and O–H groups in total. The fourth-order valence-corrected chi connectivity index (χ4v) is 2.16. The highest BCUT2D eigenvalue weighted by atomic mass is 16.5. The first kappa shape index (κ1) is 11.9. The molecular weight excluding hydrogens is 248 g/mol. The first-order valence-electron chi connectivity index (χ1n) is 5.98. The zero-order valence-corrected chi connectivity index (χ0v) is 10.4. The van der Waals surface area contributed by atoms with Crippen molar-refractivity contribution in [2.75, 3.05) is 18.5 Å². The molecule has 2 unspecified atom stereocenters. The number of anilines is 1. The Bertz CT molecular complexity index is 626. The number of aliphatic carboxylic acids is 1. The number of hydrogen-bond donors (Lipinski definition) is 2. The number of fused-ring (bicyclic) bond motifs is 1. The van der Waals surface area contributed by atoms with Gasteiger partial charge in [0.05, 0.1) is 25.5 Å². The van der Waals surface area contributed by atoms with Crippen LogP contribution in [0.2, 0.25) is 0 Å². The lowest BCUT2D eigenvalue weighted by molar-refractivity contribution is -0.148. The van der Waals surface area contributed by atoms with Crippen LogP contribution < -0.4 is 5.32 Å². The lowest BCUT2D eigenvalue weighted by Gasteiger charge is -2.25. The van der Waals surface area contributed by atoms with E-state index in [1.807, 2.05) is 0 Å². The van der Waals surface area contributed by atoms with Gasteiger partial charge in [-0.2, -0.15) is 5.10 Å². The molecule has 1 aliphatic heterocycles. The summed E-state index contributed by atoms with van der Waals surface area (Å²) in [6.07, 6.45) is 3.44. The van der Waals surface area contributed by atoms with Gasteiger partial charge >= 0.3 is 5.97 Å². The molecule has 0 aliphatic carbocycles. The van der Waals surface area contributed by atoms with Gasteiger partial charge in [-0.3, -0.25) is 4.79 Å². The number of carboxylic acid groups (broad SMARTS) is 1. The molecule has 0 saturated carbocycles. The first-order valence-corrected chi connectivity index (χ1v) is 5.98. The molecule has 0 aromatic carbocycles. The molecule has 0 amide bonds. The lowest BCUT2D eigenvalue weighted by atomic mass is 9.85. The van der Waals surface area contributed by atoms with Gasteiger partial charge < -0.3 is 15.2 Å². The molecule has 2 atom stereocenters. The monoisotopic (exact) mass is 262 g/mol. The molecule has 100 valence electrons. The summed E-state index contributed by atoms with van der Waals surface area (Å²) < 4.78 is 6.94. The van der Waals surface area contributed by atoms with Crippen molar-refractivity contribution in [1.82, 2.24) is 14.6 Å². The molecule has 7 heteroatoms. The second-order valence-corrected chi connectivity index (χ2v) is 4.88. The van der Waals surface area contributed by atoms with E-state index in [1.165, 1.54) is 0 Å². The van der Waals surface area contributed by atoms with Crippen LogP contribution in [-0.4, -0.2) is 44.9 Å². The van der Waals surface area contributed by atoms with E-state index in [0.29, 0.717) is 18.1 Å². The van der Waals surface area contributed by atoms with Crippen molar-refractivity contribution in [2.24, 2.45) is 5.41 Å². The molecule has 2 aromatic rings. The van der Waals surface area contributed by atoms with Crippen molar-refractivity contribution in [3.05, 3.63) is 24.5 Å². The maximum atomic E-state index is 11.3. The quantitative estimate of drug-likeness (QED) is 0.843. The Balaban J connectivity index is 1.86. The van der Waals surface area contributed by atoms with E-state index >= 15 is 0 Å². The highest BCUT2D eigenvalue weighted by molar-refractivity contribution is 5.76. The van der Waals surface area contributed by atoms with Crippen LogP contribution in [0.4, 0.5) is 5.82 Å². The molecule has 0 bridgehead atoms. The minimum Gasteiger partial charge on any atom is -0.481 e. The van der Waals surface area contributed by atoms with Gasteiger partial charge in [0.2, 0.25) is 0 Å². The number of nitrogens with zero attached hydrogens (tertiary/aromatic N) is 3. The van der Waals surface area contributed by atoms with Crippen molar-refractivity contribution in [3.8, 4) is 0 Å². The summed E-state index contributed by atoms with van der Waals surface area (Å²) in [5.74, 6) is -0.246. The average Bonchev–Trinajstić information content (AvgIpc) is 2.97. The zero-order valence-electron chi connectivity index (χ0n) is 10.4. The summed E-state index contributed by atoms with van der Waals surface area (Å²) in [6, 6.07) is 3.25. The van der Waals surface area contributed by atoms with Gasteiger partial charge in [0.1, 0.15) is 11.2 Å². The topological polar surface area (TPSA) is 88.8 Å². The normalized spacial score (nSPS) is 26.7. The largest absolute Gasteiger partial charge is 0.481 e. The third-order valence-electron chi connectivity index (χ3n) is 3.52. The van der Waals surface area contributed by atoms with E-state index in [2.05, 4.69) is 15.4 Å². The predicted molar refractivity (Wildman–Crippen MR) is 67.0 cm³/mol. The molecule has 2 aromatic heterocycles. The molecule has 0 spiro atoms. The fraction of sp³-hybridized carbons (Fsp3) is 0.417. The van der Waals surface area contributed by atoms with Crippen LogP contribution in [0.1, 0.15) is 6.92 Å². The number of carboxylic acids is 1. The Kier molecular flexibility index (Phi) is 2.63. The van der Waals surface area contributed by atoms with Crippen LogP contribution in [0.5, 0.6) is 0 Å². The third-order valence-corrected chi connectivity index (χ3v) is 3.52. The van der Waals surface area contributed by atoms with Crippen molar-refractivity contribution in [1.29, 1.82) is 0 Å². The molecule has 3 heterocycles. The number of aromatic nitrogens is 3. The van der Waals surface area contributed by atoms with Crippen LogP contribution >= 0.6 is 0 Å². The van der Waals surface area contributed by atoms with Gasteiger partial charge in [-0.05, 0) is 13.0 Å². The molecule has 1 aliphatic rings. The van der Waals surface area contributed by atoms with Crippen LogP contribution in [0.3, 0.4) is 0 Å². The molecule has 3 rings (SSSR count). The van der Waals surface area contributed by atoms with E-state index < -0.39 is 11.4 Å². The molecule has 1 fully saturated rings. The summed E-state index contributed by atoms with van der Waals surface area (Å²) in [5.41, 5.74) is -0.227. The van der Waals surface area contributed by atoms with Crippen molar-refractivity contribution in [3.63, 3.8) is 0 Å². The van der Waals surface area contributed by atoms with Gasteiger partial charge in [-0.25, -0.2) is 9.50 Å². The Morgan fingerprint density at radius 3 is 3.26 bits per heavy atom. The van der Waals surface area contributed by atoms with E-state index in [4.69, 9.17) is 4.74 Å². The van der Waals surface area contributed by atoms with Gasteiger partial charge in [-0.15, -0.1) is 0 Å². The molecule has 0 radical (unpaired) electrons. The maximum absolute atomic E-state index is 11.3. The minimum absolute atomic E-state index is 0.203. The van der Waals surface area contributed by atoms with Crippen LogP contribution in [0.15, 0.2) is 24.5 Å². The summed E-state index contributed by atoms with van der Waals surface area (Å²) in [4.78, 5) is 15.7. The average molecular weight is 262 g/mol. The number of nitrogens with one attached hydrogen (secondary N) is 1. The van der Waals surface area contributed by atoms with Gasteiger partial charge in [-0.1, -0.05) is 0 Å². The molecule has 19 heavy (non-hydrogen) atoms. The second kappa shape index (κ2) is 4.20. The Hall–Kier alpha value is -2.15. The van der Waals surface area contributed by atoms with Crippen LogP contribution in [-0.2, 0) is 9.53 Å². The second-order valence-electron chi connectivity index (χ2n) is 4.88. The zero-order chi connectivity index (χ0) is 13.5. The Morgan fingerprint density at radius 2 is 2.47 bits per heavy atom. The van der Waals surface area contributed by atoms with E-state index in [0.717, 1.165) is 0 Å². The van der Waals surface area contributed by atoms with Crippen LogP contribution in [0.25, 0.3) is 5.65 Å². The van der Waals surface area contributed by atoms with Crippen molar-refractivity contribution < 1.29 is 14.6 Å². The lowest BCUT2D eigenvalue weighted by Crippen LogP contribution is -2.43. The van der Waals surface area contributed by atoms with Crippen molar-refractivity contribution >= 4 is 17.4 Å². The van der Waals surface area contributed by atoms with E-state index in [9.17, 15) is 9.90 Å². The summed E-state index contributed by atoms with van der Waals surface area (Å²) in [7, 11) is 0. The van der Waals surface area contributed by atoms with Crippen molar-refractivity contribution in [2.45, 2.75) is 13.0 Å². The fourth-order valence-electron chi connectivity index (χ4n) is 2.16. The molecule has 1 saturated heterocycles. The summed E-state index contributed by atoms with van der Waals surface area (Å²) in [6.45, 7) is 2.24. The number of rotatable bonds is 3. The van der Waals surface area contributed by atoms with Gasteiger partial charge in [0.25, 0.3) is 0 Å². The van der Waals surface area contributed by atoms with E-state index in [-0.39, 0.29) is 12.6 Å².